The highest BCUT2D eigenvalue weighted by Gasteiger charge is 2.17. The SMILES string of the molecule is COC1=NC(OC)N(Cl)C=N1. The maximum atomic E-state index is 5.60. The van der Waals surface area contributed by atoms with E-state index in [1.807, 2.05) is 0 Å². The van der Waals surface area contributed by atoms with E-state index in [0.29, 0.717) is 0 Å². The first-order valence-electron chi connectivity index (χ1n) is 2.91. The van der Waals surface area contributed by atoms with E-state index in [-0.39, 0.29) is 6.02 Å². The summed E-state index contributed by atoms with van der Waals surface area (Å²) in [5.41, 5.74) is 0. The van der Waals surface area contributed by atoms with Crippen LogP contribution in [0.15, 0.2) is 9.98 Å². The van der Waals surface area contributed by atoms with Crippen molar-refractivity contribution in [1.29, 1.82) is 0 Å². The summed E-state index contributed by atoms with van der Waals surface area (Å²) in [7, 11) is 2.97. The van der Waals surface area contributed by atoms with Gasteiger partial charge in [-0.3, -0.25) is 0 Å². The zero-order valence-corrected chi connectivity index (χ0v) is 6.95. The molecule has 0 spiro atoms. The molecule has 1 aliphatic rings. The van der Waals surface area contributed by atoms with Crippen LogP contribution in [0.1, 0.15) is 0 Å². The highest BCUT2D eigenvalue weighted by molar-refractivity contribution is 6.19. The summed E-state index contributed by atoms with van der Waals surface area (Å²) in [6.45, 7) is 0. The molecule has 0 saturated carbocycles. The van der Waals surface area contributed by atoms with Crippen molar-refractivity contribution in [2.45, 2.75) is 6.35 Å². The average molecular weight is 178 g/mol. The predicted octanol–water partition coefficient (Wildman–Crippen LogP) is 0.416. The van der Waals surface area contributed by atoms with Gasteiger partial charge in [0.05, 0.1) is 7.11 Å². The number of aliphatic imine (C=N–C) groups is 2. The molecule has 0 fully saturated rings. The number of hydrogen-bond acceptors (Lipinski definition) is 5. The molecule has 1 rings (SSSR count). The Morgan fingerprint density at radius 1 is 1.64 bits per heavy atom. The molecular formula is C5H8ClN3O2. The minimum absolute atomic E-state index is 0.258. The van der Waals surface area contributed by atoms with Crippen LogP contribution in [0.25, 0.3) is 0 Å². The van der Waals surface area contributed by atoms with E-state index in [1.54, 1.807) is 0 Å². The summed E-state index contributed by atoms with van der Waals surface area (Å²) >= 11 is 5.60. The second-order valence-corrected chi connectivity index (χ2v) is 2.16. The molecule has 0 aliphatic carbocycles. The lowest BCUT2D eigenvalue weighted by Crippen LogP contribution is -2.30. The summed E-state index contributed by atoms with van der Waals surface area (Å²) in [4.78, 5) is 7.61. The molecule has 5 nitrogen and oxygen atoms in total. The first-order valence-corrected chi connectivity index (χ1v) is 3.24. The van der Waals surface area contributed by atoms with Crippen LogP contribution >= 0.6 is 11.8 Å². The van der Waals surface area contributed by atoms with Gasteiger partial charge in [-0.25, -0.2) is 4.42 Å². The summed E-state index contributed by atoms with van der Waals surface area (Å²) in [6, 6.07) is 0.258. The number of hydrogen-bond donors (Lipinski definition) is 0. The van der Waals surface area contributed by atoms with E-state index in [1.165, 1.54) is 25.0 Å². The summed E-state index contributed by atoms with van der Waals surface area (Å²) in [5.74, 6) is 0. The summed E-state index contributed by atoms with van der Waals surface area (Å²) in [5, 5.41) is 0. The lowest BCUT2D eigenvalue weighted by Gasteiger charge is -2.20. The standard InChI is InChI=1S/C5H8ClN3O2/c1-10-4-7-3-9(6)5(8-4)11-2/h3,5H,1-2H3. The molecule has 0 amide bonds. The van der Waals surface area contributed by atoms with Crippen LogP contribution in [-0.2, 0) is 9.47 Å². The van der Waals surface area contributed by atoms with E-state index in [4.69, 9.17) is 21.3 Å². The first-order chi connectivity index (χ1) is 5.27. The number of methoxy groups -OCH3 is 2. The molecule has 1 heterocycles. The number of ether oxygens (including phenoxy) is 2. The minimum atomic E-state index is -0.552. The molecule has 0 radical (unpaired) electrons. The van der Waals surface area contributed by atoms with Crippen molar-refractivity contribution >= 4 is 24.1 Å². The highest BCUT2D eigenvalue weighted by Crippen LogP contribution is 2.08. The van der Waals surface area contributed by atoms with Gasteiger partial charge < -0.3 is 9.47 Å². The van der Waals surface area contributed by atoms with Crippen LogP contribution in [0.4, 0.5) is 0 Å². The van der Waals surface area contributed by atoms with Crippen LogP contribution in [0, 0.1) is 0 Å². The monoisotopic (exact) mass is 177 g/mol. The third-order valence-electron chi connectivity index (χ3n) is 1.10. The molecule has 11 heavy (non-hydrogen) atoms. The van der Waals surface area contributed by atoms with Crippen molar-refractivity contribution in [3.63, 3.8) is 0 Å². The Hall–Kier alpha value is -0.810. The first kappa shape index (κ1) is 8.29. The number of halogens is 1. The number of rotatable bonds is 1. The summed E-state index contributed by atoms with van der Waals surface area (Å²) < 4.78 is 10.8. The normalized spacial score (nSPS) is 23.4. The van der Waals surface area contributed by atoms with E-state index < -0.39 is 6.35 Å². The molecule has 0 N–H and O–H groups in total. The average Bonchev–Trinajstić information content (AvgIpc) is 2.05. The molecule has 1 aliphatic heterocycles. The zero-order valence-electron chi connectivity index (χ0n) is 6.19. The predicted molar refractivity (Wildman–Crippen MR) is 41.4 cm³/mol. The van der Waals surface area contributed by atoms with Crippen molar-refractivity contribution in [2.24, 2.45) is 9.98 Å². The van der Waals surface area contributed by atoms with Crippen molar-refractivity contribution in [3.05, 3.63) is 0 Å². The van der Waals surface area contributed by atoms with Crippen molar-refractivity contribution < 1.29 is 9.47 Å². The Kier molecular flexibility index (Phi) is 2.67. The molecule has 0 bridgehead atoms. The molecule has 6 heteroatoms. The van der Waals surface area contributed by atoms with Crippen LogP contribution in [-0.4, -0.2) is 37.4 Å². The van der Waals surface area contributed by atoms with E-state index >= 15 is 0 Å². The van der Waals surface area contributed by atoms with Crippen molar-refractivity contribution in [3.8, 4) is 0 Å². The van der Waals surface area contributed by atoms with Gasteiger partial charge in [0.15, 0.2) is 0 Å². The number of amidine groups is 1. The van der Waals surface area contributed by atoms with Crippen molar-refractivity contribution in [1.82, 2.24) is 4.42 Å². The van der Waals surface area contributed by atoms with Gasteiger partial charge in [0.25, 0.3) is 0 Å². The zero-order chi connectivity index (χ0) is 8.27. The Morgan fingerprint density at radius 2 is 2.36 bits per heavy atom. The maximum absolute atomic E-state index is 5.60. The van der Waals surface area contributed by atoms with Gasteiger partial charge in [-0.2, -0.15) is 9.98 Å². The third kappa shape index (κ3) is 1.81. The Morgan fingerprint density at radius 3 is 2.91 bits per heavy atom. The van der Waals surface area contributed by atoms with Crippen LogP contribution in [0.3, 0.4) is 0 Å². The van der Waals surface area contributed by atoms with Gasteiger partial charge in [0.2, 0.25) is 6.35 Å². The van der Waals surface area contributed by atoms with E-state index in [9.17, 15) is 0 Å². The fourth-order valence-electron chi connectivity index (χ4n) is 0.603. The lowest BCUT2D eigenvalue weighted by atomic mass is 10.8. The van der Waals surface area contributed by atoms with Gasteiger partial charge in [-0.1, -0.05) is 0 Å². The van der Waals surface area contributed by atoms with E-state index in [0.717, 1.165) is 0 Å². The Bertz CT molecular complexity index is 194. The van der Waals surface area contributed by atoms with Crippen LogP contribution in [0.5, 0.6) is 0 Å². The molecule has 0 aromatic heterocycles. The lowest BCUT2D eigenvalue weighted by molar-refractivity contribution is 0.0518. The third-order valence-corrected chi connectivity index (χ3v) is 1.36. The van der Waals surface area contributed by atoms with Crippen LogP contribution in [0.2, 0.25) is 0 Å². The van der Waals surface area contributed by atoms with Gasteiger partial charge in [-0.15, -0.1) is 0 Å². The molecule has 0 saturated heterocycles. The van der Waals surface area contributed by atoms with E-state index in [2.05, 4.69) is 9.98 Å². The van der Waals surface area contributed by atoms with Gasteiger partial charge in [-0.05, 0) is 0 Å². The van der Waals surface area contributed by atoms with Crippen LogP contribution < -0.4 is 0 Å². The van der Waals surface area contributed by atoms with Gasteiger partial charge in [0.1, 0.15) is 6.34 Å². The van der Waals surface area contributed by atoms with Gasteiger partial charge >= 0.3 is 6.02 Å². The topological polar surface area (TPSA) is 46.4 Å². The number of nitrogens with zero attached hydrogens (tertiary/aromatic N) is 3. The van der Waals surface area contributed by atoms with Crippen molar-refractivity contribution in [2.75, 3.05) is 14.2 Å². The largest absolute Gasteiger partial charge is 0.467 e. The fraction of sp³-hybridized carbons (Fsp3) is 0.600. The molecule has 0 aromatic rings. The summed E-state index contributed by atoms with van der Waals surface area (Å²) in [6.07, 6.45) is 0.825. The Labute approximate surface area is 69.4 Å². The minimum Gasteiger partial charge on any atom is -0.467 e. The second-order valence-electron chi connectivity index (χ2n) is 1.77. The highest BCUT2D eigenvalue weighted by atomic mass is 35.5. The molecule has 1 atom stereocenters. The van der Waals surface area contributed by atoms with Gasteiger partial charge in [0, 0.05) is 18.9 Å². The molecule has 0 aromatic carbocycles. The maximum Gasteiger partial charge on any atom is 0.317 e. The Balaban J connectivity index is 2.67. The second kappa shape index (κ2) is 3.54. The molecule has 1 unspecified atom stereocenters. The quantitative estimate of drug-likeness (QED) is 0.546. The smallest absolute Gasteiger partial charge is 0.317 e. The molecule has 62 valence electrons. The fourth-order valence-corrected chi connectivity index (χ4v) is 0.770. The molecular weight excluding hydrogens is 170 g/mol.